The average molecular weight is 400 g/mol. The van der Waals surface area contributed by atoms with Crippen LogP contribution in [-0.4, -0.2) is 27.8 Å². The van der Waals surface area contributed by atoms with E-state index in [4.69, 9.17) is 9.15 Å². The molecule has 0 aliphatic rings. The number of benzene rings is 2. The minimum absolute atomic E-state index is 0.395. The summed E-state index contributed by atoms with van der Waals surface area (Å²) in [6.07, 6.45) is 5.92. The number of amides is 1. The first-order valence-electron chi connectivity index (χ1n) is 9.59. The lowest BCUT2D eigenvalue weighted by Gasteiger charge is -2.09. The second kappa shape index (κ2) is 9.47. The molecule has 150 valence electrons. The van der Waals surface area contributed by atoms with Crippen molar-refractivity contribution < 1.29 is 13.9 Å². The van der Waals surface area contributed by atoms with E-state index in [0.717, 1.165) is 24.0 Å². The number of aromatic nitrogens is 3. The second-order valence-corrected chi connectivity index (χ2v) is 6.64. The first-order chi connectivity index (χ1) is 14.8. The molecule has 1 amide bonds. The van der Waals surface area contributed by atoms with Gasteiger partial charge in [-0.2, -0.15) is 0 Å². The highest BCUT2D eigenvalue weighted by Gasteiger charge is 2.09. The minimum atomic E-state index is -0.474. The average Bonchev–Trinajstić information content (AvgIpc) is 3.33. The van der Waals surface area contributed by atoms with E-state index in [0.29, 0.717) is 23.7 Å². The molecule has 7 nitrogen and oxygen atoms in total. The number of carbonyl (C=O) groups is 1. The SMILES string of the molecule is O=C(NCCCc1ccccc1)Oc1cccc(-c2cncc(-c3nnco3)c2)c1. The van der Waals surface area contributed by atoms with Gasteiger partial charge < -0.3 is 14.5 Å². The third-order valence-corrected chi connectivity index (χ3v) is 4.48. The fourth-order valence-electron chi connectivity index (χ4n) is 3.02. The Morgan fingerprint density at radius 1 is 0.967 bits per heavy atom. The monoisotopic (exact) mass is 400 g/mol. The number of carbonyl (C=O) groups excluding carboxylic acids is 1. The maximum absolute atomic E-state index is 12.1. The Morgan fingerprint density at radius 3 is 2.67 bits per heavy atom. The molecule has 0 saturated heterocycles. The molecule has 7 heteroatoms. The highest BCUT2D eigenvalue weighted by atomic mass is 16.6. The van der Waals surface area contributed by atoms with E-state index >= 15 is 0 Å². The van der Waals surface area contributed by atoms with Crippen molar-refractivity contribution in [3.63, 3.8) is 0 Å². The Labute approximate surface area is 173 Å². The van der Waals surface area contributed by atoms with Crippen LogP contribution in [0, 0.1) is 0 Å². The molecular formula is C23H20N4O3. The van der Waals surface area contributed by atoms with Crippen LogP contribution in [0.25, 0.3) is 22.6 Å². The summed E-state index contributed by atoms with van der Waals surface area (Å²) in [6.45, 7) is 0.545. The van der Waals surface area contributed by atoms with E-state index in [9.17, 15) is 4.79 Å². The molecule has 0 aliphatic heterocycles. The van der Waals surface area contributed by atoms with Gasteiger partial charge in [0.1, 0.15) is 5.75 Å². The number of nitrogens with one attached hydrogen (secondary N) is 1. The van der Waals surface area contributed by atoms with Crippen molar-refractivity contribution in [2.75, 3.05) is 6.54 Å². The van der Waals surface area contributed by atoms with Crippen molar-refractivity contribution >= 4 is 6.09 Å². The minimum Gasteiger partial charge on any atom is -0.423 e. The zero-order chi connectivity index (χ0) is 20.6. The summed E-state index contributed by atoms with van der Waals surface area (Å²) in [7, 11) is 0. The Hall–Kier alpha value is -4.00. The molecule has 0 radical (unpaired) electrons. The van der Waals surface area contributed by atoms with Gasteiger partial charge in [-0.05, 0) is 42.2 Å². The molecular weight excluding hydrogens is 380 g/mol. The Bertz CT molecular complexity index is 1100. The number of rotatable bonds is 7. The van der Waals surface area contributed by atoms with Gasteiger partial charge in [0.15, 0.2) is 0 Å². The van der Waals surface area contributed by atoms with Crippen molar-refractivity contribution in [1.29, 1.82) is 0 Å². The van der Waals surface area contributed by atoms with Crippen LogP contribution in [-0.2, 0) is 6.42 Å². The fraction of sp³-hybridized carbons (Fsp3) is 0.130. The molecule has 2 aromatic heterocycles. The summed E-state index contributed by atoms with van der Waals surface area (Å²) in [5.74, 6) is 0.850. The predicted octanol–water partition coefficient (Wildman–Crippen LogP) is 4.52. The van der Waals surface area contributed by atoms with Crippen LogP contribution in [0.4, 0.5) is 4.79 Å². The van der Waals surface area contributed by atoms with Crippen molar-refractivity contribution in [2.24, 2.45) is 0 Å². The lowest BCUT2D eigenvalue weighted by atomic mass is 10.1. The molecule has 2 heterocycles. The maximum atomic E-state index is 12.1. The molecule has 0 atom stereocenters. The summed E-state index contributed by atoms with van der Waals surface area (Å²) in [6, 6.07) is 19.3. The number of nitrogens with zero attached hydrogens (tertiary/aromatic N) is 3. The Morgan fingerprint density at radius 2 is 1.83 bits per heavy atom. The quantitative estimate of drug-likeness (QED) is 0.459. The molecule has 0 fully saturated rings. The number of pyridine rings is 1. The van der Waals surface area contributed by atoms with Gasteiger partial charge >= 0.3 is 6.09 Å². The first-order valence-corrected chi connectivity index (χ1v) is 9.59. The van der Waals surface area contributed by atoms with Gasteiger partial charge in [-0.3, -0.25) is 4.98 Å². The van der Waals surface area contributed by atoms with E-state index in [2.05, 4.69) is 32.6 Å². The van der Waals surface area contributed by atoms with Gasteiger partial charge in [-0.1, -0.05) is 42.5 Å². The summed E-state index contributed by atoms with van der Waals surface area (Å²) >= 11 is 0. The summed E-state index contributed by atoms with van der Waals surface area (Å²) in [5, 5.41) is 10.4. The molecule has 4 rings (SSSR count). The highest BCUT2D eigenvalue weighted by molar-refractivity contribution is 5.73. The molecule has 30 heavy (non-hydrogen) atoms. The van der Waals surface area contributed by atoms with E-state index in [1.165, 1.54) is 12.0 Å². The predicted molar refractivity (Wildman–Crippen MR) is 112 cm³/mol. The molecule has 4 aromatic rings. The summed E-state index contributed by atoms with van der Waals surface area (Å²) in [5.41, 5.74) is 3.67. The van der Waals surface area contributed by atoms with E-state index in [1.54, 1.807) is 24.5 Å². The zero-order valence-corrected chi connectivity index (χ0v) is 16.2. The van der Waals surface area contributed by atoms with Gasteiger partial charge in [0.05, 0.1) is 5.56 Å². The number of hydrogen-bond donors (Lipinski definition) is 1. The lowest BCUT2D eigenvalue weighted by Crippen LogP contribution is -2.28. The number of aryl methyl sites for hydroxylation is 1. The molecule has 1 N–H and O–H groups in total. The van der Waals surface area contributed by atoms with Gasteiger partial charge in [0.2, 0.25) is 12.3 Å². The van der Waals surface area contributed by atoms with Gasteiger partial charge in [-0.25, -0.2) is 4.79 Å². The fourth-order valence-corrected chi connectivity index (χ4v) is 3.02. The van der Waals surface area contributed by atoms with Gasteiger partial charge in [0.25, 0.3) is 0 Å². The van der Waals surface area contributed by atoms with Crippen LogP contribution >= 0.6 is 0 Å². The summed E-state index contributed by atoms with van der Waals surface area (Å²) < 4.78 is 10.6. The third-order valence-electron chi connectivity index (χ3n) is 4.48. The van der Waals surface area contributed by atoms with Gasteiger partial charge in [-0.15, -0.1) is 10.2 Å². The second-order valence-electron chi connectivity index (χ2n) is 6.64. The summed E-state index contributed by atoms with van der Waals surface area (Å²) in [4.78, 5) is 16.3. The van der Waals surface area contributed by atoms with E-state index < -0.39 is 6.09 Å². The third kappa shape index (κ3) is 5.08. The molecule has 0 aliphatic carbocycles. The van der Waals surface area contributed by atoms with Crippen LogP contribution < -0.4 is 10.1 Å². The lowest BCUT2D eigenvalue weighted by molar-refractivity contribution is 0.200. The van der Waals surface area contributed by atoms with Crippen LogP contribution in [0.1, 0.15) is 12.0 Å². The normalized spacial score (nSPS) is 10.5. The smallest absolute Gasteiger partial charge is 0.412 e. The first kappa shape index (κ1) is 19.3. The molecule has 2 aromatic carbocycles. The number of ether oxygens (including phenoxy) is 1. The largest absolute Gasteiger partial charge is 0.423 e. The highest BCUT2D eigenvalue weighted by Crippen LogP contribution is 2.26. The van der Waals surface area contributed by atoms with Crippen LogP contribution in [0.3, 0.4) is 0 Å². The molecule has 0 spiro atoms. The van der Waals surface area contributed by atoms with Crippen LogP contribution in [0.5, 0.6) is 5.75 Å². The zero-order valence-electron chi connectivity index (χ0n) is 16.2. The van der Waals surface area contributed by atoms with Crippen molar-refractivity contribution in [3.8, 4) is 28.3 Å². The van der Waals surface area contributed by atoms with Crippen molar-refractivity contribution in [1.82, 2.24) is 20.5 Å². The molecule has 0 saturated carbocycles. The molecule has 0 bridgehead atoms. The number of hydrogen-bond acceptors (Lipinski definition) is 6. The van der Waals surface area contributed by atoms with Crippen molar-refractivity contribution in [3.05, 3.63) is 85.0 Å². The molecule has 0 unspecified atom stereocenters. The van der Waals surface area contributed by atoms with Crippen molar-refractivity contribution in [2.45, 2.75) is 12.8 Å². The Kier molecular flexibility index (Phi) is 6.10. The van der Waals surface area contributed by atoms with E-state index in [1.807, 2.05) is 36.4 Å². The van der Waals surface area contributed by atoms with E-state index in [-0.39, 0.29) is 0 Å². The standard InChI is InChI=1S/C23H20N4O3/c28-23(25-11-5-8-17-6-2-1-3-7-17)30-21-10-4-9-18(13-21)19-12-20(15-24-14-19)22-27-26-16-29-22/h1-4,6-7,9-10,12-16H,5,8,11H2,(H,25,28). The van der Waals surface area contributed by atoms with Crippen LogP contribution in [0.15, 0.2) is 83.9 Å². The van der Waals surface area contributed by atoms with Crippen LogP contribution in [0.2, 0.25) is 0 Å². The maximum Gasteiger partial charge on any atom is 0.412 e. The topological polar surface area (TPSA) is 90.1 Å². The van der Waals surface area contributed by atoms with Gasteiger partial charge in [0, 0.05) is 24.5 Å². The Balaban J connectivity index is 1.34.